The largest absolute Gasteiger partial charge is 0.495 e. The SMILES string of the molecule is COc1ccc(Cl)cc1N1C[C@@H](c2nc(-c3ccc4c(c3)OCO4)no2)CC1=O. The van der Waals surface area contributed by atoms with Gasteiger partial charge in [0.2, 0.25) is 24.4 Å². The summed E-state index contributed by atoms with van der Waals surface area (Å²) in [5, 5.41) is 4.60. The van der Waals surface area contributed by atoms with Gasteiger partial charge < -0.3 is 23.6 Å². The molecule has 1 saturated heterocycles. The van der Waals surface area contributed by atoms with Crippen LogP contribution >= 0.6 is 11.6 Å². The monoisotopic (exact) mass is 413 g/mol. The van der Waals surface area contributed by atoms with Gasteiger partial charge in [0.05, 0.1) is 18.7 Å². The van der Waals surface area contributed by atoms with Crippen molar-refractivity contribution >= 4 is 23.2 Å². The summed E-state index contributed by atoms with van der Waals surface area (Å²) in [4.78, 5) is 18.8. The fraction of sp³-hybridized carbons (Fsp3) is 0.250. The lowest BCUT2D eigenvalue weighted by Crippen LogP contribution is -2.24. The van der Waals surface area contributed by atoms with Crippen LogP contribution in [0, 0.1) is 0 Å². The average Bonchev–Trinajstić information content (AvgIpc) is 3.46. The van der Waals surface area contributed by atoms with Crippen LogP contribution in [0.1, 0.15) is 18.2 Å². The molecule has 1 amide bonds. The Bertz CT molecular complexity index is 1100. The number of hydrogen-bond acceptors (Lipinski definition) is 7. The predicted molar refractivity (Wildman–Crippen MR) is 104 cm³/mol. The molecule has 0 spiro atoms. The molecule has 0 bridgehead atoms. The van der Waals surface area contributed by atoms with Crippen LogP contribution in [0.25, 0.3) is 11.4 Å². The van der Waals surface area contributed by atoms with Crippen LogP contribution in [0.4, 0.5) is 5.69 Å². The summed E-state index contributed by atoms with van der Waals surface area (Å²) in [5.74, 6) is 2.47. The summed E-state index contributed by atoms with van der Waals surface area (Å²) in [7, 11) is 1.56. The predicted octanol–water partition coefficient (Wildman–Crippen LogP) is 3.65. The highest BCUT2D eigenvalue weighted by Crippen LogP contribution is 2.39. The van der Waals surface area contributed by atoms with Gasteiger partial charge in [-0.15, -0.1) is 0 Å². The normalized spacial score (nSPS) is 17.8. The fourth-order valence-corrected chi connectivity index (χ4v) is 3.70. The van der Waals surface area contributed by atoms with Crippen molar-refractivity contribution in [3.05, 3.63) is 47.3 Å². The van der Waals surface area contributed by atoms with Gasteiger partial charge >= 0.3 is 0 Å². The maximum atomic E-state index is 12.6. The lowest BCUT2D eigenvalue weighted by molar-refractivity contribution is -0.117. The van der Waals surface area contributed by atoms with Crippen molar-refractivity contribution in [1.82, 2.24) is 10.1 Å². The van der Waals surface area contributed by atoms with E-state index in [1.165, 1.54) is 0 Å². The quantitative estimate of drug-likeness (QED) is 0.645. The first-order chi connectivity index (χ1) is 14.1. The van der Waals surface area contributed by atoms with Crippen LogP contribution in [-0.2, 0) is 4.79 Å². The third kappa shape index (κ3) is 3.15. The molecule has 0 unspecified atom stereocenters. The molecule has 0 saturated carbocycles. The minimum Gasteiger partial charge on any atom is -0.495 e. The molecule has 0 N–H and O–H groups in total. The van der Waals surface area contributed by atoms with E-state index >= 15 is 0 Å². The van der Waals surface area contributed by atoms with Crippen LogP contribution in [0.15, 0.2) is 40.9 Å². The number of aromatic nitrogens is 2. The van der Waals surface area contributed by atoms with Gasteiger partial charge in [0.25, 0.3) is 0 Å². The van der Waals surface area contributed by atoms with E-state index in [4.69, 9.17) is 30.3 Å². The smallest absolute Gasteiger partial charge is 0.232 e. The van der Waals surface area contributed by atoms with E-state index in [0.717, 1.165) is 5.56 Å². The molecule has 2 aliphatic rings. The third-order valence-corrected chi connectivity index (χ3v) is 5.21. The Morgan fingerprint density at radius 1 is 1.17 bits per heavy atom. The summed E-state index contributed by atoms with van der Waals surface area (Å²) in [6.45, 7) is 0.599. The minimum atomic E-state index is -0.221. The van der Waals surface area contributed by atoms with Crippen LogP contribution in [-0.4, -0.2) is 36.5 Å². The molecular formula is C20H16ClN3O5. The summed E-state index contributed by atoms with van der Waals surface area (Å²) in [6.07, 6.45) is 0.262. The van der Waals surface area contributed by atoms with Gasteiger partial charge in [0.1, 0.15) is 5.75 Å². The van der Waals surface area contributed by atoms with Crippen molar-refractivity contribution in [2.75, 3.05) is 25.3 Å². The first-order valence-electron chi connectivity index (χ1n) is 9.00. The molecule has 29 heavy (non-hydrogen) atoms. The van der Waals surface area contributed by atoms with Crippen molar-refractivity contribution in [2.45, 2.75) is 12.3 Å². The van der Waals surface area contributed by atoms with Gasteiger partial charge in [-0.1, -0.05) is 16.8 Å². The molecule has 1 fully saturated rings. The summed E-state index contributed by atoms with van der Waals surface area (Å²) >= 11 is 6.11. The molecule has 1 aromatic heterocycles. The second-order valence-electron chi connectivity index (χ2n) is 6.75. The second-order valence-corrected chi connectivity index (χ2v) is 7.18. The van der Waals surface area contributed by atoms with Gasteiger partial charge in [-0.3, -0.25) is 4.79 Å². The Labute approximate surface area is 170 Å². The number of anilines is 1. The van der Waals surface area contributed by atoms with Crippen LogP contribution < -0.4 is 19.1 Å². The van der Waals surface area contributed by atoms with Gasteiger partial charge in [0, 0.05) is 23.6 Å². The lowest BCUT2D eigenvalue weighted by Gasteiger charge is -2.19. The third-order valence-electron chi connectivity index (χ3n) is 4.98. The number of rotatable bonds is 4. The van der Waals surface area contributed by atoms with Crippen molar-refractivity contribution in [3.8, 4) is 28.6 Å². The molecule has 3 aromatic rings. The van der Waals surface area contributed by atoms with Crippen LogP contribution in [0.2, 0.25) is 5.02 Å². The number of halogens is 1. The Hall–Kier alpha value is -3.26. The second kappa shape index (κ2) is 6.97. The van der Waals surface area contributed by atoms with E-state index in [0.29, 0.717) is 46.2 Å². The van der Waals surface area contributed by atoms with Gasteiger partial charge in [-0.2, -0.15) is 4.98 Å². The highest BCUT2D eigenvalue weighted by molar-refractivity contribution is 6.31. The molecule has 0 aliphatic carbocycles. The molecule has 8 nitrogen and oxygen atoms in total. The van der Waals surface area contributed by atoms with Gasteiger partial charge in [-0.05, 0) is 36.4 Å². The molecule has 3 heterocycles. The Morgan fingerprint density at radius 3 is 2.90 bits per heavy atom. The van der Waals surface area contributed by atoms with E-state index in [1.807, 2.05) is 6.07 Å². The number of methoxy groups -OCH3 is 1. The number of carbonyl (C=O) groups excluding carboxylic acids is 1. The van der Waals surface area contributed by atoms with Crippen molar-refractivity contribution in [3.63, 3.8) is 0 Å². The zero-order valence-electron chi connectivity index (χ0n) is 15.4. The van der Waals surface area contributed by atoms with Gasteiger partial charge in [0.15, 0.2) is 11.5 Å². The van der Waals surface area contributed by atoms with Crippen molar-refractivity contribution < 1.29 is 23.5 Å². The topological polar surface area (TPSA) is 86.9 Å². The Kier molecular flexibility index (Phi) is 4.28. The van der Waals surface area contributed by atoms with E-state index in [9.17, 15) is 4.79 Å². The fourth-order valence-electron chi connectivity index (χ4n) is 3.53. The zero-order chi connectivity index (χ0) is 20.0. The number of fused-ring (bicyclic) bond motifs is 1. The first-order valence-corrected chi connectivity index (χ1v) is 9.37. The Balaban J connectivity index is 1.39. The van der Waals surface area contributed by atoms with E-state index < -0.39 is 0 Å². The maximum Gasteiger partial charge on any atom is 0.232 e. The number of amides is 1. The summed E-state index contributed by atoms with van der Waals surface area (Å²) in [6, 6.07) is 10.6. The highest BCUT2D eigenvalue weighted by atomic mass is 35.5. The van der Waals surface area contributed by atoms with Crippen LogP contribution in [0.3, 0.4) is 0 Å². The number of benzene rings is 2. The standard InChI is InChI=1S/C20H16ClN3O5/c1-26-15-5-3-13(21)8-14(15)24-9-12(7-18(24)25)20-22-19(23-29-20)11-2-4-16-17(6-11)28-10-27-16/h2-6,8,12H,7,9-10H2,1H3/t12-/m0/s1. The molecule has 1 atom stereocenters. The summed E-state index contributed by atoms with van der Waals surface area (Å²) < 4.78 is 21.6. The highest BCUT2D eigenvalue weighted by Gasteiger charge is 2.36. The van der Waals surface area contributed by atoms with Crippen LogP contribution in [0.5, 0.6) is 17.2 Å². The number of carbonyl (C=O) groups is 1. The van der Waals surface area contributed by atoms with Gasteiger partial charge in [-0.25, -0.2) is 0 Å². The molecule has 9 heteroatoms. The number of hydrogen-bond donors (Lipinski definition) is 0. The number of nitrogens with zero attached hydrogens (tertiary/aromatic N) is 3. The molecule has 148 valence electrons. The summed E-state index contributed by atoms with van der Waals surface area (Å²) in [5.41, 5.74) is 1.38. The molecule has 2 aromatic carbocycles. The molecule has 0 radical (unpaired) electrons. The molecular weight excluding hydrogens is 398 g/mol. The first kappa shape index (κ1) is 17.8. The zero-order valence-corrected chi connectivity index (χ0v) is 16.2. The number of ether oxygens (including phenoxy) is 3. The van der Waals surface area contributed by atoms with E-state index in [-0.39, 0.29) is 25.0 Å². The maximum absolute atomic E-state index is 12.6. The molecule has 2 aliphatic heterocycles. The minimum absolute atomic E-state index is 0.0570. The Morgan fingerprint density at radius 2 is 2.03 bits per heavy atom. The van der Waals surface area contributed by atoms with E-state index in [1.54, 1.807) is 42.3 Å². The van der Waals surface area contributed by atoms with Crippen molar-refractivity contribution in [2.24, 2.45) is 0 Å². The molecule has 5 rings (SSSR count). The van der Waals surface area contributed by atoms with Crippen molar-refractivity contribution in [1.29, 1.82) is 0 Å². The lowest BCUT2D eigenvalue weighted by atomic mass is 10.1. The average molecular weight is 414 g/mol. The van der Waals surface area contributed by atoms with E-state index in [2.05, 4.69) is 10.1 Å².